The molecular formula is C16H27N3O. The third kappa shape index (κ3) is 5.21. The predicted octanol–water partition coefficient (Wildman–Crippen LogP) is 3.48. The molecule has 0 aromatic heterocycles. The Morgan fingerprint density at radius 3 is 2.60 bits per heavy atom. The molecule has 1 unspecified atom stereocenters. The normalized spacial score (nSPS) is 12.3. The molecule has 0 fully saturated rings. The van der Waals surface area contributed by atoms with Crippen LogP contribution in [0.3, 0.4) is 0 Å². The molecule has 112 valence electrons. The third-order valence-electron chi connectivity index (χ3n) is 3.46. The molecule has 0 heterocycles. The Labute approximate surface area is 122 Å². The number of carbonyl (C=O) groups excluding carboxylic acids is 1. The van der Waals surface area contributed by atoms with Gasteiger partial charge in [0.15, 0.2) is 0 Å². The van der Waals surface area contributed by atoms with E-state index in [1.54, 1.807) is 4.90 Å². The first-order chi connectivity index (χ1) is 9.43. The van der Waals surface area contributed by atoms with Crippen LogP contribution in [0.25, 0.3) is 0 Å². The highest BCUT2D eigenvalue weighted by molar-refractivity contribution is 5.89. The van der Waals surface area contributed by atoms with E-state index in [9.17, 15) is 4.79 Å². The van der Waals surface area contributed by atoms with Crippen molar-refractivity contribution in [3.8, 4) is 0 Å². The lowest BCUT2D eigenvalue weighted by Gasteiger charge is -2.19. The van der Waals surface area contributed by atoms with Gasteiger partial charge in [-0.15, -0.1) is 0 Å². The maximum atomic E-state index is 12.1. The van der Waals surface area contributed by atoms with Gasteiger partial charge in [-0.2, -0.15) is 0 Å². The summed E-state index contributed by atoms with van der Waals surface area (Å²) >= 11 is 0. The molecule has 0 aliphatic rings. The van der Waals surface area contributed by atoms with Gasteiger partial charge in [-0.25, -0.2) is 4.79 Å². The van der Waals surface area contributed by atoms with Crippen LogP contribution in [0.4, 0.5) is 10.5 Å². The average molecular weight is 277 g/mol. The van der Waals surface area contributed by atoms with E-state index in [2.05, 4.69) is 37.5 Å². The van der Waals surface area contributed by atoms with Gasteiger partial charge < -0.3 is 15.5 Å². The summed E-state index contributed by atoms with van der Waals surface area (Å²) in [5.41, 5.74) is 2.00. The molecular weight excluding hydrogens is 250 g/mol. The Balaban J connectivity index is 2.61. The number of anilines is 1. The van der Waals surface area contributed by atoms with Crippen molar-refractivity contribution < 1.29 is 4.79 Å². The van der Waals surface area contributed by atoms with Crippen LogP contribution in [-0.4, -0.2) is 31.6 Å². The van der Waals surface area contributed by atoms with E-state index >= 15 is 0 Å². The fourth-order valence-electron chi connectivity index (χ4n) is 1.82. The summed E-state index contributed by atoms with van der Waals surface area (Å²) in [5, 5.41) is 6.14. The molecule has 20 heavy (non-hydrogen) atoms. The first-order valence-electron chi connectivity index (χ1n) is 7.23. The van der Waals surface area contributed by atoms with E-state index in [0.29, 0.717) is 5.92 Å². The van der Waals surface area contributed by atoms with Crippen molar-refractivity contribution >= 4 is 11.7 Å². The van der Waals surface area contributed by atoms with Gasteiger partial charge in [-0.05, 0) is 44.0 Å². The molecule has 0 saturated carbocycles. The molecule has 1 atom stereocenters. The van der Waals surface area contributed by atoms with Gasteiger partial charge >= 0.3 is 6.03 Å². The van der Waals surface area contributed by atoms with Crippen molar-refractivity contribution in [3.05, 3.63) is 29.8 Å². The van der Waals surface area contributed by atoms with Crippen LogP contribution >= 0.6 is 0 Å². The molecule has 0 saturated heterocycles. The second-order valence-corrected chi connectivity index (χ2v) is 5.67. The smallest absolute Gasteiger partial charge is 0.321 e. The zero-order chi connectivity index (χ0) is 15.1. The SMILES string of the molecule is CNC(C)c1cccc(NC(=O)N(C)CCC(C)C)c1. The number of nitrogens with zero attached hydrogens (tertiary/aromatic N) is 1. The van der Waals surface area contributed by atoms with Crippen molar-refractivity contribution in [1.29, 1.82) is 0 Å². The number of rotatable bonds is 6. The lowest BCUT2D eigenvalue weighted by atomic mass is 10.1. The van der Waals surface area contributed by atoms with Crippen LogP contribution in [0.1, 0.15) is 38.8 Å². The van der Waals surface area contributed by atoms with Crippen molar-refractivity contribution in [3.63, 3.8) is 0 Å². The minimum Gasteiger partial charge on any atom is -0.328 e. The molecule has 1 aromatic carbocycles. The summed E-state index contributed by atoms with van der Waals surface area (Å²) in [6.45, 7) is 7.19. The quantitative estimate of drug-likeness (QED) is 0.836. The van der Waals surface area contributed by atoms with Gasteiger partial charge in [0, 0.05) is 25.3 Å². The summed E-state index contributed by atoms with van der Waals surface area (Å²) in [4.78, 5) is 13.8. The van der Waals surface area contributed by atoms with Gasteiger partial charge in [-0.3, -0.25) is 0 Å². The minimum absolute atomic E-state index is 0.0556. The Morgan fingerprint density at radius 1 is 1.30 bits per heavy atom. The molecule has 0 radical (unpaired) electrons. The number of benzene rings is 1. The number of hydrogen-bond donors (Lipinski definition) is 2. The van der Waals surface area contributed by atoms with Gasteiger partial charge in [0.25, 0.3) is 0 Å². The number of nitrogens with one attached hydrogen (secondary N) is 2. The highest BCUT2D eigenvalue weighted by atomic mass is 16.2. The van der Waals surface area contributed by atoms with Crippen LogP contribution in [0, 0.1) is 5.92 Å². The number of urea groups is 1. The summed E-state index contributed by atoms with van der Waals surface area (Å²) in [6.07, 6.45) is 1.01. The van der Waals surface area contributed by atoms with E-state index in [0.717, 1.165) is 24.2 Å². The van der Waals surface area contributed by atoms with Crippen molar-refractivity contribution in [2.45, 2.75) is 33.2 Å². The Hall–Kier alpha value is -1.55. The highest BCUT2D eigenvalue weighted by Crippen LogP contribution is 2.17. The first kappa shape index (κ1) is 16.5. The van der Waals surface area contributed by atoms with Crippen LogP contribution in [0.2, 0.25) is 0 Å². The Morgan fingerprint density at radius 2 is 2.00 bits per heavy atom. The standard InChI is InChI=1S/C16H27N3O/c1-12(2)9-10-19(5)16(20)18-15-8-6-7-14(11-15)13(3)17-4/h6-8,11-13,17H,9-10H2,1-5H3,(H,18,20). The van der Waals surface area contributed by atoms with Gasteiger partial charge in [0.2, 0.25) is 0 Å². The minimum atomic E-state index is -0.0556. The summed E-state index contributed by atoms with van der Waals surface area (Å²) < 4.78 is 0. The molecule has 0 aliphatic carbocycles. The third-order valence-corrected chi connectivity index (χ3v) is 3.46. The van der Waals surface area contributed by atoms with Gasteiger partial charge in [-0.1, -0.05) is 26.0 Å². The van der Waals surface area contributed by atoms with Crippen molar-refractivity contribution in [2.75, 3.05) is 26.0 Å². The van der Waals surface area contributed by atoms with Crippen LogP contribution in [-0.2, 0) is 0 Å². The molecule has 2 N–H and O–H groups in total. The van der Waals surface area contributed by atoms with Gasteiger partial charge in [0.05, 0.1) is 0 Å². The predicted molar refractivity (Wildman–Crippen MR) is 85.0 cm³/mol. The van der Waals surface area contributed by atoms with Crippen LogP contribution in [0.15, 0.2) is 24.3 Å². The number of carbonyl (C=O) groups is 1. The van der Waals surface area contributed by atoms with E-state index in [-0.39, 0.29) is 12.1 Å². The van der Waals surface area contributed by atoms with Crippen molar-refractivity contribution in [2.24, 2.45) is 5.92 Å². The second kappa shape index (κ2) is 7.90. The zero-order valence-electron chi connectivity index (χ0n) is 13.2. The zero-order valence-corrected chi connectivity index (χ0v) is 13.2. The Bertz CT molecular complexity index is 431. The monoisotopic (exact) mass is 277 g/mol. The van der Waals surface area contributed by atoms with E-state index < -0.39 is 0 Å². The topological polar surface area (TPSA) is 44.4 Å². The summed E-state index contributed by atoms with van der Waals surface area (Å²) in [6, 6.07) is 8.16. The Kier molecular flexibility index (Phi) is 6.52. The maximum Gasteiger partial charge on any atom is 0.321 e. The summed E-state index contributed by atoms with van der Waals surface area (Å²) in [5.74, 6) is 0.602. The summed E-state index contributed by atoms with van der Waals surface area (Å²) in [7, 11) is 3.76. The molecule has 4 heteroatoms. The lowest BCUT2D eigenvalue weighted by molar-refractivity contribution is 0.220. The molecule has 1 rings (SSSR count). The van der Waals surface area contributed by atoms with E-state index in [1.807, 2.05) is 32.3 Å². The molecule has 0 aliphatic heterocycles. The maximum absolute atomic E-state index is 12.1. The van der Waals surface area contributed by atoms with E-state index in [4.69, 9.17) is 0 Å². The number of hydrogen-bond acceptors (Lipinski definition) is 2. The molecule has 4 nitrogen and oxygen atoms in total. The van der Waals surface area contributed by atoms with E-state index in [1.165, 1.54) is 0 Å². The fourth-order valence-corrected chi connectivity index (χ4v) is 1.82. The second-order valence-electron chi connectivity index (χ2n) is 5.67. The van der Waals surface area contributed by atoms with Crippen LogP contribution in [0.5, 0.6) is 0 Å². The molecule has 1 aromatic rings. The molecule has 2 amide bonds. The fraction of sp³-hybridized carbons (Fsp3) is 0.562. The van der Waals surface area contributed by atoms with Crippen LogP contribution < -0.4 is 10.6 Å². The highest BCUT2D eigenvalue weighted by Gasteiger charge is 2.10. The number of amides is 2. The molecule has 0 bridgehead atoms. The lowest BCUT2D eigenvalue weighted by Crippen LogP contribution is -2.32. The van der Waals surface area contributed by atoms with Gasteiger partial charge in [0.1, 0.15) is 0 Å². The average Bonchev–Trinajstić information content (AvgIpc) is 2.43. The largest absolute Gasteiger partial charge is 0.328 e. The molecule has 0 spiro atoms. The van der Waals surface area contributed by atoms with Crippen molar-refractivity contribution in [1.82, 2.24) is 10.2 Å². The first-order valence-corrected chi connectivity index (χ1v) is 7.23.